The van der Waals surface area contributed by atoms with Gasteiger partial charge in [0.2, 0.25) is 0 Å². The van der Waals surface area contributed by atoms with Gasteiger partial charge in [0, 0.05) is 44.9 Å². The van der Waals surface area contributed by atoms with Crippen molar-refractivity contribution in [2.75, 3.05) is 9.80 Å². The number of fused-ring (bicyclic) bond motifs is 9. The first-order valence-electron chi connectivity index (χ1n) is 27.8. The number of anilines is 6. The molecule has 4 heteroatoms. The van der Waals surface area contributed by atoms with Crippen LogP contribution in [0.3, 0.4) is 0 Å². The molecule has 0 fully saturated rings. The first kappa shape index (κ1) is 48.2. The van der Waals surface area contributed by atoms with Crippen LogP contribution in [0.4, 0.5) is 34.1 Å². The fourth-order valence-electron chi connectivity index (χ4n) is 14.3. The second-order valence-electron chi connectivity index (χ2n) is 28.2. The molecule has 0 N–H and O–H groups in total. The highest BCUT2D eigenvalue weighted by Gasteiger charge is 2.55. The van der Waals surface area contributed by atoms with Gasteiger partial charge in [0.05, 0.1) is 17.0 Å². The van der Waals surface area contributed by atoms with Gasteiger partial charge in [-0.1, -0.05) is 183 Å². The molecule has 0 radical (unpaired) electrons. The summed E-state index contributed by atoms with van der Waals surface area (Å²) in [6.07, 6.45) is 6.79. The zero-order valence-corrected chi connectivity index (χ0v) is 47.1. The van der Waals surface area contributed by atoms with Gasteiger partial charge in [-0.15, -0.1) is 0 Å². The lowest BCUT2D eigenvalue weighted by atomic mass is 9.34. The Hall–Kier alpha value is -5.74. The van der Waals surface area contributed by atoms with E-state index in [1.807, 2.05) is 0 Å². The summed E-state index contributed by atoms with van der Waals surface area (Å²) >= 11 is 0. The predicted molar refractivity (Wildman–Crippen MR) is 313 cm³/mol. The number of furan rings is 1. The number of benzene rings is 6. The van der Waals surface area contributed by atoms with Crippen molar-refractivity contribution in [1.82, 2.24) is 0 Å². The van der Waals surface area contributed by atoms with Crippen molar-refractivity contribution in [1.29, 1.82) is 0 Å². The zero-order valence-electron chi connectivity index (χ0n) is 47.1. The third-order valence-corrected chi connectivity index (χ3v) is 19.1. The summed E-state index contributed by atoms with van der Waals surface area (Å²) in [4.78, 5) is 5.50. The van der Waals surface area contributed by atoms with Crippen LogP contribution in [0.1, 0.15) is 187 Å². The molecular weight excluding hydrogens is 884 g/mol. The molecule has 0 bridgehead atoms. The first-order chi connectivity index (χ1) is 34.2. The molecule has 12 rings (SSSR count). The molecule has 73 heavy (non-hydrogen) atoms. The minimum atomic E-state index is -0.158. The van der Waals surface area contributed by atoms with Crippen molar-refractivity contribution < 1.29 is 4.42 Å². The lowest BCUT2D eigenvalue weighted by molar-refractivity contribution is 0.282. The van der Waals surface area contributed by atoms with E-state index in [-0.39, 0.29) is 44.6 Å². The van der Waals surface area contributed by atoms with Crippen molar-refractivity contribution in [2.24, 2.45) is 0 Å². The van der Waals surface area contributed by atoms with Gasteiger partial charge in [0.15, 0.2) is 0 Å². The highest BCUT2D eigenvalue weighted by Crippen LogP contribution is 2.60. The number of hydrogen-bond acceptors (Lipinski definition) is 3. The molecule has 0 amide bonds. The van der Waals surface area contributed by atoms with Crippen molar-refractivity contribution >= 4 is 57.4 Å². The van der Waals surface area contributed by atoms with Gasteiger partial charge in [0.25, 0.3) is 6.71 Å². The molecule has 0 saturated carbocycles. The summed E-state index contributed by atoms with van der Waals surface area (Å²) in [6.45, 7) is 39.0. The van der Waals surface area contributed by atoms with E-state index in [1.165, 1.54) is 119 Å². The summed E-state index contributed by atoms with van der Waals surface area (Å²) in [5.41, 5.74) is 25.9. The molecule has 2 aliphatic heterocycles. The summed E-state index contributed by atoms with van der Waals surface area (Å²) < 4.78 is 7.98. The third kappa shape index (κ3) is 7.18. The molecule has 6 aromatic carbocycles. The van der Waals surface area contributed by atoms with Gasteiger partial charge in [-0.05, 0) is 170 Å². The summed E-state index contributed by atoms with van der Waals surface area (Å²) in [6, 6.07) is 45.2. The monoisotopic (exact) mass is 963 g/mol. The molecule has 3 nitrogen and oxygen atoms in total. The fraction of sp³-hybridized carbons (Fsp3) is 0.420. The fourth-order valence-corrected chi connectivity index (χ4v) is 14.3. The van der Waals surface area contributed by atoms with E-state index in [0.717, 1.165) is 37.1 Å². The second-order valence-corrected chi connectivity index (χ2v) is 28.2. The van der Waals surface area contributed by atoms with Crippen LogP contribution in [0, 0.1) is 6.92 Å². The Kier molecular flexibility index (Phi) is 10.3. The van der Waals surface area contributed by atoms with Crippen LogP contribution in [0.25, 0.3) is 22.3 Å². The number of hydrogen-bond donors (Lipinski definition) is 0. The normalized spacial score (nSPS) is 20.0. The van der Waals surface area contributed by atoms with Gasteiger partial charge in [-0.2, -0.15) is 0 Å². The zero-order chi connectivity index (χ0) is 51.7. The van der Waals surface area contributed by atoms with E-state index in [9.17, 15) is 0 Å². The van der Waals surface area contributed by atoms with Gasteiger partial charge >= 0.3 is 0 Å². The SMILES string of the molecule is Cc1cc2c3c(c1)N(c1c(-c4ccccc4)cc(C(C)(C)C)cc1-c1ccccc1)c1c(oc4c1C(C)(C)CCC4(C)C)B3c1ccc3c(c1N2c1ccc2c(c1)C(C)(C)CCC2(C)C)C(C)(C)CCC3(C)C. The topological polar surface area (TPSA) is 19.6 Å². The van der Waals surface area contributed by atoms with Crippen LogP contribution in [0.5, 0.6) is 0 Å². The molecule has 7 aromatic rings. The average Bonchev–Trinajstić information content (AvgIpc) is 3.76. The molecule has 5 aliphatic rings. The minimum absolute atomic E-state index is 0.0265. The summed E-state index contributed by atoms with van der Waals surface area (Å²) in [5, 5.41) is 0. The Morgan fingerprint density at radius 2 is 0.959 bits per heavy atom. The smallest absolute Gasteiger partial charge is 0.297 e. The summed E-state index contributed by atoms with van der Waals surface area (Å²) in [5.74, 6) is 1.15. The maximum atomic E-state index is 7.98. The molecule has 3 aliphatic carbocycles. The Morgan fingerprint density at radius 3 is 1.53 bits per heavy atom. The van der Waals surface area contributed by atoms with Crippen LogP contribution in [-0.4, -0.2) is 6.71 Å². The third-order valence-electron chi connectivity index (χ3n) is 19.1. The van der Waals surface area contributed by atoms with E-state index < -0.39 is 0 Å². The molecule has 0 saturated heterocycles. The molecule has 374 valence electrons. The molecule has 3 heterocycles. The highest BCUT2D eigenvalue weighted by atomic mass is 16.3. The average molecular weight is 963 g/mol. The van der Waals surface area contributed by atoms with E-state index in [2.05, 4.69) is 236 Å². The molecule has 0 atom stereocenters. The predicted octanol–water partition coefficient (Wildman–Crippen LogP) is 17.3. The van der Waals surface area contributed by atoms with Crippen LogP contribution in [0.2, 0.25) is 0 Å². The number of nitrogens with zero attached hydrogens (tertiary/aromatic N) is 2. The Labute approximate surface area is 438 Å². The lowest BCUT2D eigenvalue weighted by Crippen LogP contribution is -2.62. The van der Waals surface area contributed by atoms with Gasteiger partial charge in [0.1, 0.15) is 5.76 Å². The molecular formula is C69H79BN2O. The molecule has 1 aromatic heterocycles. The van der Waals surface area contributed by atoms with Gasteiger partial charge in [-0.25, -0.2) is 0 Å². The Morgan fingerprint density at radius 1 is 0.466 bits per heavy atom. The van der Waals surface area contributed by atoms with Crippen molar-refractivity contribution in [2.45, 2.75) is 187 Å². The van der Waals surface area contributed by atoms with Gasteiger partial charge < -0.3 is 14.2 Å². The Bertz CT molecular complexity index is 3350. The van der Waals surface area contributed by atoms with Crippen molar-refractivity contribution in [3.05, 3.63) is 160 Å². The van der Waals surface area contributed by atoms with Crippen LogP contribution in [-0.2, 0) is 37.9 Å². The van der Waals surface area contributed by atoms with E-state index >= 15 is 0 Å². The Balaban J connectivity index is 1.28. The molecule has 0 unspecified atom stereocenters. The second kappa shape index (κ2) is 15.7. The standard InChI is InChI=1S/C69H79BN2O/c1-42-37-53-57-54(38-42)72(58-47(43-23-19-17-20-24-43)39-45(63(2,3)4)40-48(58)44-25-21-18-22-26-44)60-56-61(69(15,16)36-35-68(56,13)14)73-62(60)70(57)52-30-29-50-55(67(11,12)34-33-65(50,7)8)59(52)71(53)46-27-28-49-51(41-46)66(9,10)32-31-64(49,5)6/h17-30,37-41H,31-36H2,1-16H3. The van der Waals surface area contributed by atoms with Crippen molar-refractivity contribution in [3.63, 3.8) is 0 Å². The minimum Gasteiger partial charge on any atom is -0.472 e. The number of aryl methyl sites for hydroxylation is 1. The maximum absolute atomic E-state index is 7.98. The van der Waals surface area contributed by atoms with Crippen LogP contribution in [0.15, 0.2) is 120 Å². The van der Waals surface area contributed by atoms with Crippen molar-refractivity contribution in [3.8, 4) is 22.3 Å². The number of rotatable bonds is 4. The van der Waals surface area contributed by atoms with Gasteiger partial charge in [-0.3, -0.25) is 0 Å². The maximum Gasteiger partial charge on any atom is 0.297 e. The largest absolute Gasteiger partial charge is 0.472 e. The first-order valence-corrected chi connectivity index (χ1v) is 27.8. The highest BCUT2D eigenvalue weighted by molar-refractivity contribution is 6.99. The van der Waals surface area contributed by atoms with E-state index in [1.54, 1.807) is 0 Å². The lowest BCUT2D eigenvalue weighted by Gasteiger charge is -2.49. The summed E-state index contributed by atoms with van der Waals surface area (Å²) in [7, 11) is 0. The van der Waals surface area contributed by atoms with E-state index in [4.69, 9.17) is 4.42 Å². The van der Waals surface area contributed by atoms with Crippen LogP contribution < -0.4 is 26.4 Å². The molecule has 0 spiro atoms. The quantitative estimate of drug-likeness (QED) is 0.164. The van der Waals surface area contributed by atoms with E-state index in [0.29, 0.717) is 0 Å². The van der Waals surface area contributed by atoms with Crippen LogP contribution >= 0.6 is 0 Å².